The molecule has 0 aliphatic carbocycles. The fraction of sp³-hybridized carbons (Fsp3) is 0.278. The number of aryl methyl sites for hydroxylation is 1. The second kappa shape index (κ2) is 9.39. The minimum Gasteiger partial charge on any atom is -0.493 e. The zero-order valence-electron chi connectivity index (χ0n) is 13.6. The lowest BCUT2D eigenvalue weighted by atomic mass is 10.1. The van der Waals surface area contributed by atoms with Crippen molar-refractivity contribution in [2.24, 2.45) is 0 Å². The van der Waals surface area contributed by atoms with Gasteiger partial charge in [-0.2, -0.15) is 0 Å². The maximum atomic E-state index is 10.7. The summed E-state index contributed by atoms with van der Waals surface area (Å²) >= 11 is 12.2. The maximum Gasteiger partial charge on any atom is 0.303 e. The van der Waals surface area contributed by atoms with Crippen molar-refractivity contribution >= 4 is 29.2 Å². The minimum absolute atomic E-state index is 0.0192. The van der Waals surface area contributed by atoms with Gasteiger partial charge in [0.1, 0.15) is 19.0 Å². The van der Waals surface area contributed by atoms with Gasteiger partial charge in [0.25, 0.3) is 0 Å². The van der Waals surface area contributed by atoms with Crippen LogP contribution in [-0.2, 0) is 11.2 Å². The SMILES string of the molecule is COc1cc(CCC(=O)O)cc(Cl)c1OCCOc1ccccc1Cl. The number of ether oxygens (including phenoxy) is 3. The lowest BCUT2D eigenvalue weighted by Crippen LogP contribution is -2.10. The normalized spacial score (nSPS) is 10.4. The molecule has 1 N–H and O–H groups in total. The second-order valence-corrected chi connectivity index (χ2v) is 5.94. The molecule has 134 valence electrons. The van der Waals surface area contributed by atoms with Gasteiger partial charge >= 0.3 is 5.97 Å². The number of hydrogen-bond acceptors (Lipinski definition) is 4. The van der Waals surface area contributed by atoms with Crippen LogP contribution in [0.15, 0.2) is 36.4 Å². The Morgan fingerprint density at radius 2 is 1.76 bits per heavy atom. The molecule has 0 aliphatic heterocycles. The minimum atomic E-state index is -0.868. The van der Waals surface area contributed by atoms with E-state index in [4.69, 9.17) is 42.5 Å². The van der Waals surface area contributed by atoms with Crippen molar-refractivity contribution in [1.82, 2.24) is 0 Å². The van der Waals surface area contributed by atoms with Gasteiger partial charge in [0.05, 0.1) is 17.2 Å². The van der Waals surface area contributed by atoms with Crippen LogP contribution in [0, 0.1) is 0 Å². The summed E-state index contributed by atoms with van der Waals surface area (Å²) in [5, 5.41) is 9.66. The number of rotatable bonds is 9. The molecule has 0 saturated heterocycles. The topological polar surface area (TPSA) is 65.0 Å². The third kappa shape index (κ3) is 5.73. The van der Waals surface area contributed by atoms with E-state index in [0.717, 1.165) is 5.56 Å². The first-order chi connectivity index (χ1) is 12.0. The molecule has 7 heteroatoms. The molecule has 2 aromatic rings. The summed E-state index contributed by atoms with van der Waals surface area (Å²) in [7, 11) is 1.50. The van der Waals surface area contributed by atoms with Gasteiger partial charge < -0.3 is 19.3 Å². The van der Waals surface area contributed by atoms with Gasteiger partial charge in [-0.25, -0.2) is 0 Å². The first-order valence-corrected chi connectivity index (χ1v) is 8.35. The Kier molecular flexibility index (Phi) is 7.22. The van der Waals surface area contributed by atoms with Crippen LogP contribution < -0.4 is 14.2 Å². The number of benzene rings is 2. The average Bonchev–Trinajstić information content (AvgIpc) is 2.59. The average molecular weight is 385 g/mol. The predicted molar refractivity (Wildman–Crippen MR) is 96.4 cm³/mol. The van der Waals surface area contributed by atoms with Gasteiger partial charge in [-0.15, -0.1) is 0 Å². The highest BCUT2D eigenvalue weighted by atomic mass is 35.5. The number of methoxy groups -OCH3 is 1. The molecule has 25 heavy (non-hydrogen) atoms. The van der Waals surface area contributed by atoms with Crippen LogP contribution in [0.3, 0.4) is 0 Å². The van der Waals surface area contributed by atoms with Crippen molar-refractivity contribution in [2.75, 3.05) is 20.3 Å². The van der Waals surface area contributed by atoms with Gasteiger partial charge in [-0.1, -0.05) is 35.3 Å². The van der Waals surface area contributed by atoms with Crippen LogP contribution in [0.2, 0.25) is 10.0 Å². The van der Waals surface area contributed by atoms with Gasteiger partial charge in [0.2, 0.25) is 0 Å². The Bertz CT molecular complexity index is 733. The first kappa shape index (κ1) is 19.2. The molecule has 0 aromatic heterocycles. The van der Waals surface area contributed by atoms with E-state index in [1.165, 1.54) is 7.11 Å². The molecule has 0 radical (unpaired) electrons. The van der Waals surface area contributed by atoms with E-state index in [-0.39, 0.29) is 19.6 Å². The Morgan fingerprint density at radius 3 is 2.44 bits per heavy atom. The maximum absolute atomic E-state index is 10.7. The Balaban J connectivity index is 1.96. The van der Waals surface area contributed by atoms with Gasteiger partial charge in [-0.05, 0) is 36.2 Å². The van der Waals surface area contributed by atoms with Crippen molar-refractivity contribution < 1.29 is 24.1 Å². The lowest BCUT2D eigenvalue weighted by molar-refractivity contribution is -0.136. The van der Waals surface area contributed by atoms with E-state index < -0.39 is 5.97 Å². The van der Waals surface area contributed by atoms with E-state index in [1.54, 1.807) is 24.3 Å². The van der Waals surface area contributed by atoms with Gasteiger partial charge in [0.15, 0.2) is 11.5 Å². The standard InChI is InChI=1S/C18H18Cl2O5/c1-23-16-11-12(6-7-17(21)22)10-14(20)18(16)25-9-8-24-15-5-3-2-4-13(15)19/h2-5,10-11H,6-9H2,1H3,(H,21,22). The van der Waals surface area contributed by atoms with E-state index in [2.05, 4.69) is 0 Å². The van der Waals surface area contributed by atoms with Crippen LogP contribution >= 0.6 is 23.2 Å². The number of aliphatic carboxylic acids is 1. The van der Waals surface area contributed by atoms with Gasteiger partial charge in [-0.3, -0.25) is 4.79 Å². The molecule has 0 aliphatic rings. The van der Waals surface area contributed by atoms with E-state index in [9.17, 15) is 4.79 Å². The van der Waals surface area contributed by atoms with E-state index in [1.807, 2.05) is 12.1 Å². The van der Waals surface area contributed by atoms with E-state index in [0.29, 0.717) is 33.7 Å². The summed E-state index contributed by atoms with van der Waals surface area (Å²) in [6, 6.07) is 10.6. The first-order valence-electron chi connectivity index (χ1n) is 7.59. The molecule has 2 rings (SSSR count). The highest BCUT2D eigenvalue weighted by Gasteiger charge is 2.13. The quantitative estimate of drug-likeness (QED) is 0.645. The number of para-hydroxylation sites is 1. The molecular formula is C18H18Cl2O5. The summed E-state index contributed by atoms with van der Waals surface area (Å²) in [6.45, 7) is 0.528. The molecular weight excluding hydrogens is 367 g/mol. The molecule has 0 saturated carbocycles. The van der Waals surface area contributed by atoms with Crippen LogP contribution in [0.5, 0.6) is 17.2 Å². The summed E-state index contributed by atoms with van der Waals surface area (Å²) in [6.07, 6.45) is 0.382. The van der Waals surface area contributed by atoms with Crippen molar-refractivity contribution in [1.29, 1.82) is 0 Å². The Hall–Kier alpha value is -2.11. The molecule has 5 nitrogen and oxygen atoms in total. The molecule has 0 heterocycles. The lowest BCUT2D eigenvalue weighted by Gasteiger charge is -2.14. The largest absolute Gasteiger partial charge is 0.493 e. The van der Waals surface area contributed by atoms with Crippen LogP contribution in [0.4, 0.5) is 0 Å². The Labute approximate surface area is 156 Å². The van der Waals surface area contributed by atoms with Gasteiger partial charge in [0, 0.05) is 6.42 Å². The zero-order valence-corrected chi connectivity index (χ0v) is 15.1. The molecule has 0 bridgehead atoms. The number of halogens is 2. The van der Waals surface area contributed by atoms with Crippen molar-refractivity contribution in [3.63, 3.8) is 0 Å². The number of hydrogen-bond donors (Lipinski definition) is 1. The van der Waals surface area contributed by atoms with E-state index >= 15 is 0 Å². The highest BCUT2D eigenvalue weighted by molar-refractivity contribution is 6.32. The summed E-state index contributed by atoms with van der Waals surface area (Å²) < 4.78 is 16.5. The van der Waals surface area contributed by atoms with Crippen molar-refractivity contribution in [3.8, 4) is 17.2 Å². The molecule has 0 atom stereocenters. The second-order valence-electron chi connectivity index (χ2n) is 5.13. The molecule has 0 spiro atoms. The third-order valence-electron chi connectivity index (χ3n) is 3.34. The molecule has 0 amide bonds. The summed E-state index contributed by atoms with van der Waals surface area (Å²) in [5.74, 6) is 0.554. The third-order valence-corrected chi connectivity index (χ3v) is 3.93. The van der Waals surface area contributed by atoms with Crippen LogP contribution in [0.1, 0.15) is 12.0 Å². The van der Waals surface area contributed by atoms with Crippen LogP contribution in [0.25, 0.3) is 0 Å². The van der Waals surface area contributed by atoms with Crippen LogP contribution in [-0.4, -0.2) is 31.4 Å². The number of carboxylic acids is 1. The number of carboxylic acid groups (broad SMARTS) is 1. The molecule has 0 fully saturated rings. The van der Waals surface area contributed by atoms with Crippen molar-refractivity contribution in [2.45, 2.75) is 12.8 Å². The predicted octanol–water partition coefficient (Wildman–Crippen LogP) is 4.48. The highest BCUT2D eigenvalue weighted by Crippen LogP contribution is 2.36. The molecule has 2 aromatic carbocycles. The fourth-order valence-corrected chi connectivity index (χ4v) is 2.64. The number of carbonyl (C=O) groups is 1. The Morgan fingerprint density at radius 1 is 1.04 bits per heavy atom. The monoisotopic (exact) mass is 384 g/mol. The fourth-order valence-electron chi connectivity index (χ4n) is 2.17. The zero-order chi connectivity index (χ0) is 18.2. The smallest absolute Gasteiger partial charge is 0.303 e. The molecule has 0 unspecified atom stereocenters. The summed E-state index contributed by atoms with van der Waals surface area (Å²) in [5.41, 5.74) is 0.768. The summed E-state index contributed by atoms with van der Waals surface area (Å²) in [4.78, 5) is 10.7. The van der Waals surface area contributed by atoms with Crippen molar-refractivity contribution in [3.05, 3.63) is 52.0 Å².